The van der Waals surface area contributed by atoms with Crippen molar-refractivity contribution in [2.45, 2.75) is 0 Å². The minimum Gasteiger partial charge on any atom is -0.366 e. The molecule has 118 heavy (non-hydrogen) atoms. The number of amides is 8. The zero-order valence-corrected chi connectivity index (χ0v) is 61.1. The largest absolute Gasteiger partial charge is 0.366 e. The maximum absolute atomic E-state index is 17.1. The van der Waals surface area contributed by atoms with Crippen LogP contribution in [0.5, 0.6) is 0 Å². The van der Waals surface area contributed by atoms with Gasteiger partial charge in [-0.3, -0.25) is 81.6 Å². The molecule has 566 valence electrons. The molecule has 4 aliphatic rings. The van der Waals surface area contributed by atoms with Crippen molar-refractivity contribution in [1.29, 1.82) is 0 Å². The van der Waals surface area contributed by atoms with Gasteiger partial charge < -0.3 is 37.6 Å². The Morgan fingerprint density at radius 2 is 0.415 bits per heavy atom. The minimum absolute atomic E-state index is 0.0186. The van der Waals surface area contributed by atoms with Crippen molar-refractivity contribution >= 4 is 139 Å². The maximum Gasteiger partial charge on any atom is 0.263 e. The minimum atomic E-state index is -1.48. The van der Waals surface area contributed by atoms with Crippen molar-refractivity contribution < 1.29 is 76.7 Å². The lowest BCUT2D eigenvalue weighted by atomic mass is 9.80. The number of hydrogen-bond donors (Lipinski definition) is 7. The number of nitrogens with one attached hydrogen (secondary N) is 6. The number of anilines is 8. The molecule has 13 aromatic rings. The number of benzene rings is 13. The Kier molecular flexibility index (Phi) is 18.5. The molecule has 4 aliphatic carbocycles. The monoisotopic (exact) mass is 1550 g/mol. The number of nitrogens with two attached hydrogens (primary N) is 1. The van der Waals surface area contributed by atoms with Gasteiger partial charge in [-0.15, -0.1) is 0 Å². The number of primary amides is 1. The summed E-state index contributed by atoms with van der Waals surface area (Å²) in [5.41, 5.74) is -3.03. The normalized spacial score (nSPS) is 12.5. The average Bonchev–Trinajstić information content (AvgIpc) is 0.721. The van der Waals surface area contributed by atoms with Crippen LogP contribution in [0.4, 0.5) is 45.5 Å². The van der Waals surface area contributed by atoms with Crippen molar-refractivity contribution in [3.63, 3.8) is 0 Å². The third-order valence-corrected chi connectivity index (χ3v) is 20.7. The Bertz CT molecular complexity index is 6620. The number of ketones is 8. The summed E-state index contributed by atoms with van der Waals surface area (Å²) >= 11 is 0. The van der Waals surface area contributed by atoms with E-state index in [2.05, 4.69) is 31.9 Å². The second-order valence-electron chi connectivity index (χ2n) is 27.5. The molecule has 8 amide bonds. The molecule has 17 rings (SSSR count). The fourth-order valence-electron chi connectivity index (χ4n) is 15.3. The Morgan fingerprint density at radius 3 is 0.653 bits per heavy atom. The van der Waals surface area contributed by atoms with Gasteiger partial charge in [0.25, 0.3) is 41.4 Å². The van der Waals surface area contributed by atoms with E-state index < -0.39 is 138 Å². The summed E-state index contributed by atoms with van der Waals surface area (Å²) in [6.07, 6.45) is 0. The lowest BCUT2D eigenvalue weighted by molar-refractivity contribution is 0.0959. The van der Waals surface area contributed by atoms with Gasteiger partial charge in [-0.05, 0) is 109 Å². The van der Waals surface area contributed by atoms with Crippen LogP contribution >= 0.6 is 0 Å². The molecule has 13 aromatic carbocycles. The summed E-state index contributed by atoms with van der Waals surface area (Å²) in [6, 6.07) is 65.4. The van der Waals surface area contributed by atoms with E-state index in [-0.39, 0.29) is 134 Å². The van der Waals surface area contributed by atoms with Gasteiger partial charge in [0.15, 0.2) is 46.3 Å². The fraction of sp³-hybridized carbons (Fsp3) is 0. The first-order valence-corrected chi connectivity index (χ1v) is 36.5. The molecule has 0 bridgehead atoms. The van der Waals surface area contributed by atoms with E-state index in [1.165, 1.54) is 182 Å². The third kappa shape index (κ3) is 12.6. The SMILES string of the molecule is NC(=O)c1cc(C(=O)Nc2cccc3c2C(=O)c2cccc(NC(=O)c4ccccc4)c2C3=O)c(C(=O)Nc2cccc3c2C(=O)c2cccc(NC(=O)c4ccccc4)c2C3=O)cc1C(=O)N(c1cccc2c1C(=O)c1cccc(NC(=O)c3ccccc3)c1C2=O)c1cccc2c1C(=O)c1cccc(NC(=O)c3ccccc3)c1C2=O. The predicted molar refractivity (Wildman–Crippen MR) is 434 cm³/mol. The maximum atomic E-state index is 17.1. The van der Waals surface area contributed by atoms with Gasteiger partial charge in [0.2, 0.25) is 5.91 Å². The Hall–Kier alpha value is -17.0. The molecule has 24 nitrogen and oxygen atoms in total. The van der Waals surface area contributed by atoms with Crippen molar-refractivity contribution in [3.8, 4) is 0 Å². The van der Waals surface area contributed by atoms with Gasteiger partial charge in [0.05, 0.1) is 112 Å². The number of hydrogen-bond acceptors (Lipinski definition) is 16. The number of nitrogens with zero attached hydrogens (tertiary/aromatic N) is 1. The number of carbonyl (C=O) groups excluding carboxylic acids is 16. The number of carbonyl (C=O) groups is 16. The second-order valence-corrected chi connectivity index (χ2v) is 27.5. The molecule has 24 heteroatoms. The summed E-state index contributed by atoms with van der Waals surface area (Å²) in [4.78, 5) is 241. The van der Waals surface area contributed by atoms with Gasteiger partial charge in [-0.1, -0.05) is 170 Å². The summed E-state index contributed by atoms with van der Waals surface area (Å²) in [5, 5.41) is 16.1. The topological polar surface area (TPSA) is 375 Å². The molecule has 0 atom stereocenters. The van der Waals surface area contributed by atoms with E-state index in [0.717, 1.165) is 17.0 Å². The average molecular weight is 1550 g/mol. The smallest absolute Gasteiger partial charge is 0.263 e. The first-order chi connectivity index (χ1) is 57.1. The predicted octanol–water partition coefficient (Wildman–Crippen LogP) is 14.4. The summed E-state index contributed by atoms with van der Waals surface area (Å²) in [7, 11) is 0. The summed E-state index contributed by atoms with van der Waals surface area (Å²) < 4.78 is 0. The molecular weight excluding hydrogens is 1500 g/mol. The van der Waals surface area contributed by atoms with Crippen molar-refractivity contribution in [3.05, 3.63) is 413 Å². The molecule has 0 unspecified atom stereocenters. The van der Waals surface area contributed by atoms with Crippen LogP contribution in [0, 0.1) is 0 Å². The van der Waals surface area contributed by atoms with Crippen LogP contribution in [0.1, 0.15) is 210 Å². The van der Waals surface area contributed by atoms with Gasteiger partial charge in [-0.2, -0.15) is 0 Å². The molecule has 0 heterocycles. The Balaban J connectivity index is 0.826. The van der Waals surface area contributed by atoms with E-state index in [9.17, 15) is 33.6 Å². The summed E-state index contributed by atoms with van der Waals surface area (Å²) in [5.74, 6) is -14.9. The molecular formula is C94H54N8O16. The van der Waals surface area contributed by atoms with Gasteiger partial charge in [-0.25, -0.2) is 0 Å². The van der Waals surface area contributed by atoms with E-state index in [1.807, 2.05) is 0 Å². The zero-order valence-electron chi connectivity index (χ0n) is 61.1. The fourth-order valence-corrected chi connectivity index (χ4v) is 15.3. The van der Waals surface area contributed by atoms with Crippen LogP contribution in [0.15, 0.2) is 279 Å². The van der Waals surface area contributed by atoms with Crippen molar-refractivity contribution in [2.24, 2.45) is 5.73 Å². The molecule has 0 spiro atoms. The second kappa shape index (κ2) is 29.6. The van der Waals surface area contributed by atoms with E-state index in [0.29, 0.717) is 0 Å². The van der Waals surface area contributed by atoms with Crippen LogP contribution in [0.2, 0.25) is 0 Å². The Morgan fingerprint density at radius 1 is 0.212 bits per heavy atom. The standard InChI is InChI=1S/C94H54N8O16/c95-87(111)59-45-60(92(116)100-67-41-15-31-53-73(67)81(105)51-29-13-37-63(71(51)79(53)103)96-88(112)47-21-5-1-6-22-47)61(93(117)101-68-42-16-32-54-74(68)82(106)52-30-14-38-64(72(52)80(54)104)97-89(113)48-23-7-2-8-24-48)46-62(59)94(118)102(69-43-19-35-57-77(69)85(109)55-33-17-39-65(75(55)83(57)107)98-90(114)49-25-9-3-10-26-49)70-44-20-36-58-78(70)86(110)56-34-18-40-66(76(56)84(58)108)99-91(115)50-27-11-4-12-28-50/h1-46H,(H2,95,111)(H,96,112)(H,97,113)(H,98,114)(H,99,115)(H,100,116)(H,101,117). The quantitative estimate of drug-likeness (QED) is 0.0472. The lowest BCUT2D eigenvalue weighted by Crippen LogP contribution is -2.35. The van der Waals surface area contributed by atoms with Crippen LogP contribution in [0.25, 0.3) is 0 Å². The molecule has 0 aromatic heterocycles. The molecule has 0 saturated carbocycles. The number of fused-ring (bicyclic) bond motifs is 8. The van der Waals surface area contributed by atoms with E-state index in [1.54, 1.807) is 84.9 Å². The van der Waals surface area contributed by atoms with Gasteiger partial charge >= 0.3 is 0 Å². The van der Waals surface area contributed by atoms with E-state index in [4.69, 9.17) is 5.73 Å². The molecule has 0 saturated heterocycles. The van der Waals surface area contributed by atoms with Crippen LogP contribution in [0.3, 0.4) is 0 Å². The first kappa shape index (κ1) is 73.8. The van der Waals surface area contributed by atoms with Crippen LogP contribution < -0.4 is 42.5 Å². The van der Waals surface area contributed by atoms with E-state index >= 15 is 43.2 Å². The van der Waals surface area contributed by atoms with Gasteiger partial charge in [0, 0.05) is 66.8 Å². The van der Waals surface area contributed by atoms with Crippen LogP contribution in [-0.2, 0) is 0 Å². The Labute approximate surface area is 667 Å². The van der Waals surface area contributed by atoms with Crippen molar-refractivity contribution in [2.75, 3.05) is 36.8 Å². The highest BCUT2D eigenvalue weighted by atomic mass is 16.2. The lowest BCUT2D eigenvalue weighted by Gasteiger charge is -2.32. The molecule has 8 N–H and O–H groups in total. The molecule has 0 fully saturated rings. The zero-order chi connectivity index (χ0) is 82.1. The molecule has 0 aliphatic heterocycles. The highest BCUT2D eigenvalue weighted by Gasteiger charge is 2.44. The first-order valence-electron chi connectivity index (χ1n) is 36.5. The number of rotatable bonds is 16. The molecule has 0 radical (unpaired) electrons. The van der Waals surface area contributed by atoms with Crippen LogP contribution in [-0.4, -0.2) is 93.5 Å². The van der Waals surface area contributed by atoms with Crippen molar-refractivity contribution in [1.82, 2.24) is 0 Å². The summed E-state index contributed by atoms with van der Waals surface area (Å²) in [6.45, 7) is 0. The third-order valence-electron chi connectivity index (χ3n) is 20.7. The van der Waals surface area contributed by atoms with Gasteiger partial charge in [0.1, 0.15) is 0 Å². The highest BCUT2D eigenvalue weighted by molar-refractivity contribution is 6.39. The highest BCUT2D eigenvalue weighted by Crippen LogP contribution is 2.46.